The van der Waals surface area contributed by atoms with Crippen molar-refractivity contribution < 1.29 is 0 Å². The lowest BCUT2D eigenvalue weighted by Gasteiger charge is -2.15. The van der Waals surface area contributed by atoms with Crippen molar-refractivity contribution in [2.75, 3.05) is 0 Å². The second-order valence-corrected chi connectivity index (χ2v) is 4.59. The molecule has 2 nitrogen and oxygen atoms in total. The first kappa shape index (κ1) is 12.5. The zero-order valence-electron chi connectivity index (χ0n) is 9.59. The van der Waals surface area contributed by atoms with E-state index in [1.54, 1.807) is 0 Å². The van der Waals surface area contributed by atoms with Crippen molar-refractivity contribution >= 4 is 15.9 Å². The summed E-state index contributed by atoms with van der Waals surface area (Å²) in [7, 11) is 0. The lowest BCUT2D eigenvalue weighted by Crippen LogP contribution is -2.26. The Labute approximate surface area is 99.4 Å². The average molecular weight is 272 g/mol. The summed E-state index contributed by atoms with van der Waals surface area (Å²) in [6.07, 6.45) is 0.991. The maximum absolute atomic E-state index is 12.0. The van der Waals surface area contributed by atoms with Gasteiger partial charge in [0.2, 0.25) is 0 Å². The molecule has 1 rings (SSSR count). The molecule has 0 spiro atoms. The molecule has 0 N–H and O–H groups in total. The number of rotatable bonds is 4. The van der Waals surface area contributed by atoms with Gasteiger partial charge in [0, 0.05) is 23.1 Å². The largest absolute Gasteiger partial charge is 0.312 e. The Morgan fingerprint density at radius 1 is 1.40 bits per heavy atom. The summed E-state index contributed by atoms with van der Waals surface area (Å²) in [5.74, 6) is 0.397. The lowest BCUT2D eigenvalue weighted by atomic mass is 10.1. The van der Waals surface area contributed by atoms with E-state index in [4.69, 9.17) is 0 Å². The van der Waals surface area contributed by atoms with Crippen molar-refractivity contribution in [3.05, 3.63) is 33.7 Å². The Morgan fingerprint density at radius 2 is 2.07 bits per heavy atom. The van der Waals surface area contributed by atoms with Gasteiger partial charge in [0.1, 0.15) is 0 Å². The summed E-state index contributed by atoms with van der Waals surface area (Å²) in [6.45, 7) is 7.15. The number of hydrogen-bond acceptors (Lipinski definition) is 1. The quantitative estimate of drug-likeness (QED) is 0.771. The van der Waals surface area contributed by atoms with Gasteiger partial charge in [0.25, 0.3) is 5.56 Å². The summed E-state index contributed by atoms with van der Waals surface area (Å²) >= 11 is 3.34. The van der Waals surface area contributed by atoms with Crippen molar-refractivity contribution in [2.45, 2.75) is 45.0 Å². The molecule has 0 saturated heterocycles. The number of hydrogen-bond donors (Lipinski definition) is 0. The van der Waals surface area contributed by atoms with Gasteiger partial charge in [-0.2, -0.15) is 0 Å². The third-order valence-electron chi connectivity index (χ3n) is 2.47. The van der Waals surface area contributed by atoms with Crippen LogP contribution < -0.4 is 5.56 Å². The van der Waals surface area contributed by atoms with Gasteiger partial charge in [-0.05, 0) is 18.4 Å². The summed E-state index contributed by atoms with van der Waals surface area (Å²) in [5.41, 5.74) is 2.12. The van der Waals surface area contributed by atoms with Crippen molar-refractivity contribution in [3.63, 3.8) is 0 Å². The van der Waals surface area contributed by atoms with Crippen LogP contribution in [0.25, 0.3) is 0 Å². The van der Waals surface area contributed by atoms with Gasteiger partial charge < -0.3 is 4.57 Å². The zero-order valence-corrected chi connectivity index (χ0v) is 11.2. The molecular formula is C12H18BrNO. The highest BCUT2D eigenvalue weighted by molar-refractivity contribution is 9.08. The summed E-state index contributed by atoms with van der Waals surface area (Å²) in [4.78, 5) is 12.0. The maximum atomic E-state index is 12.0. The van der Waals surface area contributed by atoms with Crippen molar-refractivity contribution in [2.24, 2.45) is 0 Å². The van der Waals surface area contributed by atoms with Crippen LogP contribution in [0, 0.1) is 0 Å². The van der Waals surface area contributed by atoms with Crippen LogP contribution in [-0.2, 0) is 11.9 Å². The van der Waals surface area contributed by atoms with E-state index in [2.05, 4.69) is 42.8 Å². The highest BCUT2D eigenvalue weighted by atomic mass is 79.9. The summed E-state index contributed by atoms with van der Waals surface area (Å²) < 4.78 is 1.90. The third-order valence-corrected chi connectivity index (χ3v) is 3.07. The highest BCUT2D eigenvalue weighted by Gasteiger charge is 2.09. The Bertz CT molecular complexity index is 382. The van der Waals surface area contributed by atoms with Gasteiger partial charge in [0.05, 0.1) is 0 Å². The number of pyridine rings is 1. The van der Waals surface area contributed by atoms with E-state index in [0.29, 0.717) is 11.2 Å². The van der Waals surface area contributed by atoms with Gasteiger partial charge in [-0.15, -0.1) is 0 Å². The first-order chi connectivity index (χ1) is 7.11. The van der Waals surface area contributed by atoms with Crippen LogP contribution in [0.3, 0.4) is 0 Å². The van der Waals surface area contributed by atoms with Crippen LogP contribution in [0.4, 0.5) is 0 Å². The summed E-state index contributed by atoms with van der Waals surface area (Å²) in [6, 6.07) is 4.00. The topological polar surface area (TPSA) is 22.0 Å². The van der Waals surface area contributed by atoms with Crippen molar-refractivity contribution in [1.82, 2.24) is 4.57 Å². The molecule has 0 radical (unpaired) electrons. The van der Waals surface area contributed by atoms with Crippen LogP contribution >= 0.6 is 15.9 Å². The number of aromatic nitrogens is 1. The van der Waals surface area contributed by atoms with Gasteiger partial charge in [-0.3, -0.25) is 4.79 Å². The predicted octanol–water partition coefficient (Wildman–Crippen LogP) is 3.28. The molecule has 3 heteroatoms. The number of nitrogens with zero attached hydrogens (tertiary/aromatic N) is 1. The van der Waals surface area contributed by atoms with Crippen molar-refractivity contribution in [3.8, 4) is 0 Å². The predicted molar refractivity (Wildman–Crippen MR) is 67.7 cm³/mol. The molecule has 0 unspecified atom stereocenters. The SMILES string of the molecule is CCCn1c(C(C)C)ccc(CBr)c1=O. The molecule has 84 valence electrons. The van der Waals surface area contributed by atoms with Crippen molar-refractivity contribution in [1.29, 1.82) is 0 Å². The molecule has 1 heterocycles. The second-order valence-electron chi connectivity index (χ2n) is 4.03. The molecule has 1 aromatic heterocycles. The van der Waals surface area contributed by atoms with E-state index in [0.717, 1.165) is 24.2 Å². The minimum absolute atomic E-state index is 0.153. The fourth-order valence-corrected chi connectivity index (χ4v) is 2.12. The van der Waals surface area contributed by atoms with E-state index in [-0.39, 0.29) is 5.56 Å². The lowest BCUT2D eigenvalue weighted by molar-refractivity contribution is 0.592. The standard InChI is InChI=1S/C12H18BrNO/c1-4-7-14-11(9(2)3)6-5-10(8-13)12(14)15/h5-6,9H,4,7-8H2,1-3H3. The van der Waals surface area contributed by atoms with Gasteiger partial charge >= 0.3 is 0 Å². The molecule has 0 saturated carbocycles. The Balaban J connectivity index is 3.31. The number of halogens is 1. The number of alkyl halides is 1. The molecule has 0 aliphatic heterocycles. The fourth-order valence-electron chi connectivity index (χ4n) is 1.70. The first-order valence-corrected chi connectivity index (χ1v) is 6.52. The van der Waals surface area contributed by atoms with Gasteiger partial charge in [-0.1, -0.05) is 42.8 Å². The molecule has 1 aromatic rings. The Hall–Kier alpha value is -0.570. The minimum Gasteiger partial charge on any atom is -0.312 e. The average Bonchev–Trinajstić information content (AvgIpc) is 2.20. The minimum atomic E-state index is 0.153. The Morgan fingerprint density at radius 3 is 2.53 bits per heavy atom. The first-order valence-electron chi connectivity index (χ1n) is 5.40. The molecular weight excluding hydrogens is 254 g/mol. The van der Waals surface area contributed by atoms with Crippen LogP contribution in [0.2, 0.25) is 0 Å². The molecule has 0 atom stereocenters. The third kappa shape index (κ3) is 2.71. The monoisotopic (exact) mass is 271 g/mol. The molecule has 15 heavy (non-hydrogen) atoms. The maximum Gasteiger partial charge on any atom is 0.254 e. The molecule has 0 amide bonds. The molecule has 0 aliphatic rings. The van der Waals surface area contributed by atoms with Gasteiger partial charge in [0.15, 0.2) is 0 Å². The molecule has 0 aliphatic carbocycles. The zero-order chi connectivity index (χ0) is 11.4. The smallest absolute Gasteiger partial charge is 0.254 e. The van der Waals surface area contributed by atoms with Crippen LogP contribution in [0.1, 0.15) is 44.4 Å². The van der Waals surface area contributed by atoms with Crippen LogP contribution in [0.15, 0.2) is 16.9 Å². The van der Waals surface area contributed by atoms with E-state index in [1.807, 2.05) is 10.6 Å². The van der Waals surface area contributed by atoms with Crippen LogP contribution in [0.5, 0.6) is 0 Å². The van der Waals surface area contributed by atoms with E-state index < -0.39 is 0 Å². The molecule has 0 aromatic carbocycles. The van der Waals surface area contributed by atoms with Crippen LogP contribution in [-0.4, -0.2) is 4.57 Å². The normalized spacial score (nSPS) is 11.0. The van der Waals surface area contributed by atoms with E-state index in [9.17, 15) is 4.79 Å². The molecule has 0 fully saturated rings. The van der Waals surface area contributed by atoms with E-state index in [1.165, 1.54) is 0 Å². The highest BCUT2D eigenvalue weighted by Crippen LogP contribution is 2.14. The Kier molecular flexibility index (Phi) is 4.58. The van der Waals surface area contributed by atoms with Gasteiger partial charge in [-0.25, -0.2) is 0 Å². The summed E-state index contributed by atoms with van der Waals surface area (Å²) in [5, 5.41) is 0.633. The fraction of sp³-hybridized carbons (Fsp3) is 0.583. The van der Waals surface area contributed by atoms with E-state index >= 15 is 0 Å². The second kappa shape index (κ2) is 5.50. The molecule has 0 bridgehead atoms.